The van der Waals surface area contributed by atoms with Gasteiger partial charge in [0.2, 0.25) is 5.78 Å². The van der Waals surface area contributed by atoms with Crippen molar-refractivity contribution in [2.45, 2.75) is 32.8 Å². The summed E-state index contributed by atoms with van der Waals surface area (Å²) in [4.78, 5) is 36.6. The SMILES string of the molecule is C/C=C/C1=CC2=C(CO1)C(=O)[C@]1(C)OC(=O)[C@H](C(C)=O)[C@H]1C2. The van der Waals surface area contributed by atoms with Crippen LogP contribution in [0.15, 0.2) is 35.1 Å². The number of fused-ring (bicyclic) bond motifs is 1. The fourth-order valence-electron chi connectivity index (χ4n) is 3.55. The zero-order chi connectivity index (χ0) is 16.1. The monoisotopic (exact) mass is 302 g/mol. The molecule has 0 N–H and O–H groups in total. The standard InChI is InChI=1S/C17H18O5/c1-4-5-11-6-10-7-13-14(9(2)18)16(20)22-17(13,3)15(19)12(10)8-21-11/h4-6,13-14H,7-8H2,1-3H3/b5-4+/t13-,14-,17-/m1/s1. The Morgan fingerprint density at radius 3 is 2.77 bits per heavy atom. The maximum absolute atomic E-state index is 12.8. The molecule has 0 bridgehead atoms. The molecule has 0 aromatic rings. The lowest BCUT2D eigenvalue weighted by atomic mass is 9.68. The third-order valence-corrected chi connectivity index (χ3v) is 4.70. The van der Waals surface area contributed by atoms with Crippen LogP contribution in [0.25, 0.3) is 0 Å². The fourth-order valence-corrected chi connectivity index (χ4v) is 3.55. The smallest absolute Gasteiger partial charge is 0.317 e. The van der Waals surface area contributed by atoms with Crippen LogP contribution in [0.4, 0.5) is 0 Å². The Bertz CT molecular complexity index is 667. The van der Waals surface area contributed by atoms with Crippen LogP contribution in [0.2, 0.25) is 0 Å². The molecule has 1 aliphatic carbocycles. The van der Waals surface area contributed by atoms with Gasteiger partial charge in [-0.3, -0.25) is 14.4 Å². The Morgan fingerprint density at radius 1 is 1.41 bits per heavy atom. The van der Waals surface area contributed by atoms with E-state index in [0.29, 0.717) is 17.8 Å². The number of carbonyl (C=O) groups excluding carboxylic acids is 3. The van der Waals surface area contributed by atoms with E-state index < -0.39 is 23.4 Å². The summed E-state index contributed by atoms with van der Waals surface area (Å²) < 4.78 is 10.9. The van der Waals surface area contributed by atoms with Gasteiger partial charge in [-0.05, 0) is 44.9 Å². The molecule has 0 amide bonds. The highest BCUT2D eigenvalue weighted by molar-refractivity contribution is 6.10. The summed E-state index contributed by atoms with van der Waals surface area (Å²) in [6.07, 6.45) is 5.96. The van der Waals surface area contributed by atoms with Crippen LogP contribution >= 0.6 is 0 Å². The van der Waals surface area contributed by atoms with Gasteiger partial charge < -0.3 is 9.47 Å². The summed E-state index contributed by atoms with van der Waals surface area (Å²) in [5, 5.41) is 0. The Morgan fingerprint density at radius 2 is 2.14 bits per heavy atom. The molecular formula is C17H18O5. The summed E-state index contributed by atoms with van der Waals surface area (Å²) >= 11 is 0. The molecule has 2 heterocycles. The second kappa shape index (κ2) is 4.93. The molecule has 5 nitrogen and oxygen atoms in total. The topological polar surface area (TPSA) is 69.7 Å². The number of hydrogen-bond donors (Lipinski definition) is 0. The van der Waals surface area contributed by atoms with Gasteiger partial charge in [-0.15, -0.1) is 0 Å². The molecule has 0 spiro atoms. The van der Waals surface area contributed by atoms with Gasteiger partial charge >= 0.3 is 5.97 Å². The van der Waals surface area contributed by atoms with E-state index in [1.54, 1.807) is 6.92 Å². The van der Waals surface area contributed by atoms with Crippen molar-refractivity contribution in [3.8, 4) is 0 Å². The van der Waals surface area contributed by atoms with Gasteiger partial charge in [0.1, 0.15) is 24.1 Å². The molecule has 3 aliphatic rings. The van der Waals surface area contributed by atoms with Crippen LogP contribution in [0.1, 0.15) is 27.2 Å². The Labute approximate surface area is 128 Å². The third-order valence-electron chi connectivity index (χ3n) is 4.70. The minimum atomic E-state index is -1.25. The van der Waals surface area contributed by atoms with Crippen molar-refractivity contribution in [1.82, 2.24) is 0 Å². The Balaban J connectivity index is 2.05. The molecule has 0 aromatic heterocycles. The number of ketones is 2. The zero-order valence-corrected chi connectivity index (χ0v) is 12.8. The van der Waals surface area contributed by atoms with Crippen LogP contribution in [0.3, 0.4) is 0 Å². The summed E-state index contributed by atoms with van der Waals surface area (Å²) in [7, 11) is 0. The molecule has 3 rings (SSSR count). The maximum atomic E-state index is 12.8. The highest BCUT2D eigenvalue weighted by Gasteiger charge is 2.61. The molecule has 2 aliphatic heterocycles. The molecule has 5 heteroatoms. The van der Waals surface area contributed by atoms with E-state index in [2.05, 4.69) is 0 Å². The average Bonchev–Trinajstić information content (AvgIpc) is 2.71. The molecule has 0 saturated carbocycles. The first kappa shape index (κ1) is 14.8. The first-order valence-electron chi connectivity index (χ1n) is 7.35. The number of Topliss-reactive ketones (excluding diaryl/α,β-unsaturated/α-hetero) is 2. The van der Waals surface area contributed by atoms with E-state index in [-0.39, 0.29) is 18.2 Å². The normalized spacial score (nSPS) is 34.0. The van der Waals surface area contributed by atoms with Crippen LogP contribution in [0, 0.1) is 11.8 Å². The van der Waals surface area contributed by atoms with Gasteiger partial charge in [0, 0.05) is 11.5 Å². The minimum Gasteiger partial charge on any atom is -0.489 e. The van der Waals surface area contributed by atoms with E-state index in [1.807, 2.05) is 25.2 Å². The number of rotatable bonds is 2. The van der Waals surface area contributed by atoms with E-state index in [9.17, 15) is 14.4 Å². The van der Waals surface area contributed by atoms with Crippen molar-refractivity contribution in [2.24, 2.45) is 11.8 Å². The Kier molecular flexibility index (Phi) is 3.31. The van der Waals surface area contributed by atoms with E-state index >= 15 is 0 Å². The highest BCUT2D eigenvalue weighted by Crippen LogP contribution is 2.48. The second-order valence-electron chi connectivity index (χ2n) is 6.10. The van der Waals surface area contributed by atoms with Crippen LogP contribution in [0.5, 0.6) is 0 Å². The van der Waals surface area contributed by atoms with E-state index in [4.69, 9.17) is 9.47 Å². The fraction of sp³-hybridized carbons (Fsp3) is 0.471. The van der Waals surface area contributed by atoms with Gasteiger partial charge in [0.05, 0.1) is 0 Å². The number of hydrogen-bond acceptors (Lipinski definition) is 5. The number of esters is 1. The van der Waals surface area contributed by atoms with Crippen LogP contribution < -0.4 is 0 Å². The molecular weight excluding hydrogens is 284 g/mol. The van der Waals surface area contributed by atoms with Crippen molar-refractivity contribution >= 4 is 17.5 Å². The lowest BCUT2D eigenvalue weighted by Gasteiger charge is -2.36. The summed E-state index contributed by atoms with van der Waals surface area (Å²) in [5.74, 6) is -1.70. The maximum Gasteiger partial charge on any atom is 0.317 e. The van der Waals surface area contributed by atoms with Gasteiger partial charge in [0.25, 0.3) is 0 Å². The van der Waals surface area contributed by atoms with Crippen molar-refractivity contribution in [1.29, 1.82) is 0 Å². The highest BCUT2D eigenvalue weighted by atomic mass is 16.6. The minimum absolute atomic E-state index is 0.176. The van der Waals surface area contributed by atoms with Gasteiger partial charge in [-0.2, -0.15) is 0 Å². The van der Waals surface area contributed by atoms with Crippen molar-refractivity contribution < 1.29 is 23.9 Å². The van der Waals surface area contributed by atoms with Gasteiger partial charge in [-0.25, -0.2) is 0 Å². The lowest BCUT2D eigenvalue weighted by Crippen LogP contribution is -2.48. The average molecular weight is 302 g/mol. The van der Waals surface area contributed by atoms with Crippen LogP contribution in [-0.4, -0.2) is 29.7 Å². The van der Waals surface area contributed by atoms with Crippen molar-refractivity contribution in [3.05, 3.63) is 35.1 Å². The zero-order valence-electron chi connectivity index (χ0n) is 12.8. The van der Waals surface area contributed by atoms with E-state index in [0.717, 1.165) is 5.57 Å². The molecule has 1 fully saturated rings. The lowest BCUT2D eigenvalue weighted by molar-refractivity contribution is -0.157. The van der Waals surface area contributed by atoms with Crippen LogP contribution in [-0.2, 0) is 23.9 Å². The summed E-state index contributed by atoms with van der Waals surface area (Å²) in [5.41, 5.74) is 0.141. The molecule has 1 saturated heterocycles. The first-order valence-corrected chi connectivity index (χ1v) is 7.35. The molecule has 3 atom stereocenters. The van der Waals surface area contributed by atoms with Crippen molar-refractivity contribution in [2.75, 3.05) is 6.61 Å². The van der Waals surface area contributed by atoms with Gasteiger partial charge in [-0.1, -0.05) is 6.08 Å². The second-order valence-corrected chi connectivity index (χ2v) is 6.10. The van der Waals surface area contributed by atoms with Crippen molar-refractivity contribution in [3.63, 3.8) is 0 Å². The number of allylic oxidation sites excluding steroid dienone is 4. The quantitative estimate of drug-likeness (QED) is 0.575. The summed E-state index contributed by atoms with van der Waals surface area (Å²) in [6.45, 7) is 5.04. The predicted octanol–water partition coefficient (Wildman–Crippen LogP) is 1.88. The molecule has 0 aromatic carbocycles. The largest absolute Gasteiger partial charge is 0.489 e. The number of ether oxygens (including phenoxy) is 2. The summed E-state index contributed by atoms with van der Waals surface area (Å²) in [6, 6.07) is 0. The van der Waals surface area contributed by atoms with E-state index in [1.165, 1.54) is 6.92 Å². The first-order chi connectivity index (χ1) is 10.4. The molecule has 0 unspecified atom stereocenters. The number of carbonyl (C=O) groups is 3. The van der Waals surface area contributed by atoms with Gasteiger partial charge in [0.15, 0.2) is 5.60 Å². The molecule has 0 radical (unpaired) electrons. The third kappa shape index (κ3) is 1.95. The Hall–Kier alpha value is -2.17. The predicted molar refractivity (Wildman–Crippen MR) is 77.7 cm³/mol. The molecule has 22 heavy (non-hydrogen) atoms. The molecule has 116 valence electrons.